The van der Waals surface area contributed by atoms with Gasteiger partial charge in [-0.1, -0.05) is 13.8 Å². The van der Waals surface area contributed by atoms with Gasteiger partial charge in [0.1, 0.15) is 6.04 Å². The molecule has 0 aliphatic rings. The molecule has 1 rings (SSSR count). The molecule has 1 aromatic heterocycles. The molecule has 0 saturated carbocycles. The van der Waals surface area contributed by atoms with Crippen molar-refractivity contribution in [3.8, 4) is 0 Å². The predicted molar refractivity (Wildman–Crippen MR) is 78.1 cm³/mol. The Morgan fingerprint density at radius 2 is 2.06 bits per heavy atom. The molecule has 0 aliphatic carbocycles. The van der Waals surface area contributed by atoms with Crippen LogP contribution in [0.3, 0.4) is 0 Å². The molecular weight excluding hydrogens is 386 g/mol. The zero-order valence-corrected chi connectivity index (χ0v) is 13.9. The lowest BCUT2D eigenvalue weighted by Gasteiger charge is -2.16. The Hall–Kier alpha value is -0.400. The monoisotopic (exact) mass is 397 g/mol. The number of rotatable bonds is 5. The molecule has 1 amide bonds. The molecule has 0 spiro atoms. The van der Waals surface area contributed by atoms with Crippen LogP contribution in [0.15, 0.2) is 13.6 Å². The molecule has 1 unspecified atom stereocenters. The van der Waals surface area contributed by atoms with E-state index in [-0.39, 0.29) is 11.8 Å². The molecule has 18 heavy (non-hydrogen) atoms. The lowest BCUT2D eigenvalue weighted by atomic mass is 10.0. The SMILES string of the molecule is CC(C)CC(NC(=O)c1cc(Br)sc1Br)C(=O)O. The normalized spacial score (nSPS) is 12.5. The van der Waals surface area contributed by atoms with Crippen LogP contribution in [0, 0.1) is 5.92 Å². The third-order valence-electron chi connectivity index (χ3n) is 2.21. The van der Waals surface area contributed by atoms with Gasteiger partial charge in [-0.25, -0.2) is 4.79 Å². The molecule has 1 heterocycles. The summed E-state index contributed by atoms with van der Waals surface area (Å²) in [7, 11) is 0. The van der Waals surface area contributed by atoms with Crippen LogP contribution in [0.25, 0.3) is 0 Å². The van der Waals surface area contributed by atoms with E-state index in [9.17, 15) is 9.59 Å². The van der Waals surface area contributed by atoms with E-state index in [2.05, 4.69) is 37.2 Å². The van der Waals surface area contributed by atoms with E-state index in [0.29, 0.717) is 15.8 Å². The quantitative estimate of drug-likeness (QED) is 0.797. The van der Waals surface area contributed by atoms with Crippen molar-refractivity contribution in [2.75, 3.05) is 0 Å². The highest BCUT2D eigenvalue weighted by Gasteiger charge is 2.23. The van der Waals surface area contributed by atoms with Gasteiger partial charge in [-0.2, -0.15) is 0 Å². The molecule has 0 aromatic carbocycles. The van der Waals surface area contributed by atoms with Gasteiger partial charge in [-0.3, -0.25) is 4.79 Å². The molecular formula is C11H13Br2NO3S. The summed E-state index contributed by atoms with van der Waals surface area (Å²) in [5, 5.41) is 11.6. The van der Waals surface area contributed by atoms with Crippen molar-refractivity contribution in [1.82, 2.24) is 5.32 Å². The van der Waals surface area contributed by atoms with E-state index >= 15 is 0 Å². The number of carboxylic acid groups (broad SMARTS) is 1. The topological polar surface area (TPSA) is 66.4 Å². The van der Waals surface area contributed by atoms with Crippen molar-refractivity contribution in [2.24, 2.45) is 5.92 Å². The van der Waals surface area contributed by atoms with E-state index < -0.39 is 12.0 Å². The van der Waals surface area contributed by atoms with Crippen molar-refractivity contribution in [3.63, 3.8) is 0 Å². The first-order chi connectivity index (χ1) is 8.31. The Kier molecular flexibility index (Phi) is 5.81. The van der Waals surface area contributed by atoms with Gasteiger partial charge >= 0.3 is 5.97 Å². The van der Waals surface area contributed by atoms with Crippen molar-refractivity contribution in [1.29, 1.82) is 0 Å². The van der Waals surface area contributed by atoms with Crippen molar-refractivity contribution in [2.45, 2.75) is 26.3 Å². The lowest BCUT2D eigenvalue weighted by Crippen LogP contribution is -2.41. The smallest absolute Gasteiger partial charge is 0.326 e. The molecule has 0 fully saturated rings. The Morgan fingerprint density at radius 3 is 2.44 bits per heavy atom. The standard InChI is InChI=1S/C11H13Br2NO3S/c1-5(2)3-7(11(16)17)14-10(15)6-4-8(12)18-9(6)13/h4-5,7H,3H2,1-2H3,(H,14,15)(H,16,17). The van der Waals surface area contributed by atoms with E-state index in [1.165, 1.54) is 11.3 Å². The largest absolute Gasteiger partial charge is 0.480 e. The van der Waals surface area contributed by atoms with E-state index in [4.69, 9.17) is 5.11 Å². The second-order valence-corrected chi connectivity index (χ2v) is 7.98. The first-order valence-electron chi connectivity index (χ1n) is 5.29. The number of carbonyl (C=O) groups is 2. The third kappa shape index (κ3) is 4.37. The Bertz CT molecular complexity index is 459. The van der Waals surface area contributed by atoms with Gasteiger partial charge in [-0.05, 0) is 50.3 Å². The third-order valence-corrected chi connectivity index (χ3v) is 4.55. The van der Waals surface area contributed by atoms with Crippen LogP contribution >= 0.6 is 43.2 Å². The number of amides is 1. The van der Waals surface area contributed by atoms with Crippen LogP contribution < -0.4 is 5.32 Å². The second kappa shape index (κ2) is 6.68. The molecule has 100 valence electrons. The number of nitrogens with one attached hydrogen (secondary N) is 1. The summed E-state index contributed by atoms with van der Waals surface area (Å²) in [6.07, 6.45) is 0.407. The Labute approximate surface area is 126 Å². The fourth-order valence-corrected chi connectivity index (χ4v) is 4.22. The van der Waals surface area contributed by atoms with Crippen molar-refractivity contribution in [3.05, 3.63) is 19.2 Å². The van der Waals surface area contributed by atoms with Gasteiger partial charge in [0.05, 0.1) is 13.1 Å². The van der Waals surface area contributed by atoms with Crippen LogP contribution in [0.1, 0.15) is 30.6 Å². The lowest BCUT2D eigenvalue weighted by molar-refractivity contribution is -0.139. The summed E-state index contributed by atoms with van der Waals surface area (Å²) in [6, 6.07) is 0.807. The maximum absolute atomic E-state index is 12.0. The van der Waals surface area contributed by atoms with Crippen LogP contribution in [-0.4, -0.2) is 23.0 Å². The van der Waals surface area contributed by atoms with E-state index in [1.54, 1.807) is 6.07 Å². The summed E-state index contributed by atoms with van der Waals surface area (Å²) >= 11 is 7.93. The predicted octanol–water partition coefficient (Wildman–Crippen LogP) is 3.50. The summed E-state index contributed by atoms with van der Waals surface area (Å²) in [5.41, 5.74) is 0.446. The zero-order chi connectivity index (χ0) is 13.9. The van der Waals surface area contributed by atoms with Crippen LogP contribution in [0.4, 0.5) is 0 Å². The summed E-state index contributed by atoms with van der Waals surface area (Å²) in [4.78, 5) is 23.0. The fourth-order valence-electron chi connectivity index (χ4n) is 1.42. The van der Waals surface area contributed by atoms with Gasteiger partial charge in [0.15, 0.2) is 0 Å². The van der Waals surface area contributed by atoms with E-state index in [0.717, 1.165) is 3.79 Å². The van der Waals surface area contributed by atoms with Crippen LogP contribution in [0.2, 0.25) is 0 Å². The number of carboxylic acids is 1. The average molecular weight is 399 g/mol. The molecule has 0 radical (unpaired) electrons. The summed E-state index contributed by atoms with van der Waals surface area (Å²) in [6.45, 7) is 3.83. The highest BCUT2D eigenvalue weighted by molar-refractivity contribution is 9.12. The molecule has 7 heteroatoms. The summed E-state index contributed by atoms with van der Waals surface area (Å²) in [5.74, 6) is -1.19. The maximum Gasteiger partial charge on any atom is 0.326 e. The van der Waals surface area contributed by atoms with Gasteiger partial charge in [-0.15, -0.1) is 11.3 Å². The molecule has 4 nitrogen and oxygen atoms in total. The minimum Gasteiger partial charge on any atom is -0.480 e. The highest BCUT2D eigenvalue weighted by atomic mass is 79.9. The summed E-state index contributed by atoms with van der Waals surface area (Å²) < 4.78 is 1.50. The minimum absolute atomic E-state index is 0.198. The number of hydrogen-bond donors (Lipinski definition) is 2. The Morgan fingerprint density at radius 1 is 1.44 bits per heavy atom. The molecule has 0 saturated heterocycles. The van der Waals surface area contributed by atoms with Gasteiger partial charge in [0.2, 0.25) is 0 Å². The maximum atomic E-state index is 12.0. The number of thiophene rings is 1. The first-order valence-corrected chi connectivity index (χ1v) is 7.70. The number of halogens is 2. The highest BCUT2D eigenvalue weighted by Crippen LogP contribution is 2.31. The van der Waals surface area contributed by atoms with Gasteiger partial charge < -0.3 is 10.4 Å². The number of carbonyl (C=O) groups excluding carboxylic acids is 1. The van der Waals surface area contributed by atoms with E-state index in [1.807, 2.05) is 13.8 Å². The fraction of sp³-hybridized carbons (Fsp3) is 0.455. The average Bonchev–Trinajstić information content (AvgIpc) is 2.56. The first kappa shape index (κ1) is 15.7. The number of aliphatic carboxylic acids is 1. The molecule has 1 aromatic rings. The molecule has 0 aliphatic heterocycles. The van der Waals surface area contributed by atoms with Gasteiger partial charge in [0.25, 0.3) is 5.91 Å². The van der Waals surface area contributed by atoms with Crippen LogP contribution in [0.5, 0.6) is 0 Å². The van der Waals surface area contributed by atoms with Crippen molar-refractivity contribution >= 4 is 55.1 Å². The molecule has 2 N–H and O–H groups in total. The van der Waals surface area contributed by atoms with Gasteiger partial charge in [0, 0.05) is 0 Å². The molecule has 0 bridgehead atoms. The zero-order valence-electron chi connectivity index (χ0n) is 9.87. The van der Waals surface area contributed by atoms with Crippen molar-refractivity contribution < 1.29 is 14.7 Å². The number of hydrogen-bond acceptors (Lipinski definition) is 3. The molecule has 1 atom stereocenters. The minimum atomic E-state index is -1.01. The second-order valence-electron chi connectivity index (χ2n) is 4.23. The Balaban J connectivity index is 2.78. The van der Waals surface area contributed by atoms with Crippen LogP contribution in [-0.2, 0) is 4.79 Å².